The number of urea groups is 1. The molecule has 2 saturated carbocycles. The molecule has 0 aromatic heterocycles. The van der Waals surface area contributed by atoms with E-state index in [4.69, 9.17) is 11.6 Å². The summed E-state index contributed by atoms with van der Waals surface area (Å²) in [5.41, 5.74) is 1.88. The van der Waals surface area contributed by atoms with Gasteiger partial charge in [-0.2, -0.15) is 0 Å². The summed E-state index contributed by atoms with van der Waals surface area (Å²) in [6.45, 7) is 3.95. The molecule has 0 unspecified atom stereocenters. The average Bonchev–Trinajstić information content (AvgIpc) is 3.65. The Labute approximate surface area is 194 Å². The first-order chi connectivity index (χ1) is 15.5. The van der Waals surface area contributed by atoms with Gasteiger partial charge >= 0.3 is 6.03 Å². The molecule has 1 aromatic carbocycles. The molecule has 0 atom stereocenters. The fourth-order valence-corrected chi connectivity index (χ4v) is 5.53. The van der Waals surface area contributed by atoms with Crippen molar-refractivity contribution in [2.45, 2.75) is 45.1 Å². The van der Waals surface area contributed by atoms with Gasteiger partial charge in [-0.05, 0) is 68.2 Å². The highest BCUT2D eigenvalue weighted by Crippen LogP contribution is 2.34. The number of piperazine rings is 1. The van der Waals surface area contributed by atoms with Crippen LogP contribution in [0.25, 0.3) is 0 Å². The molecule has 0 radical (unpaired) electrons. The van der Waals surface area contributed by atoms with Gasteiger partial charge in [0.2, 0.25) is 11.8 Å². The van der Waals surface area contributed by atoms with Crippen molar-refractivity contribution in [2.24, 2.45) is 17.8 Å². The van der Waals surface area contributed by atoms with E-state index >= 15 is 0 Å². The van der Waals surface area contributed by atoms with Gasteiger partial charge in [0, 0.05) is 61.8 Å². The van der Waals surface area contributed by atoms with Crippen LogP contribution < -0.4 is 5.32 Å². The molecular weight excluding hydrogens is 428 g/mol. The van der Waals surface area contributed by atoms with Gasteiger partial charge in [0.05, 0.1) is 0 Å². The van der Waals surface area contributed by atoms with Gasteiger partial charge < -0.3 is 20.0 Å². The maximum atomic E-state index is 13.0. The average molecular weight is 459 g/mol. The number of nitrogens with one attached hydrogen (secondary N) is 1. The van der Waals surface area contributed by atoms with E-state index in [2.05, 4.69) is 5.32 Å². The number of amides is 4. The number of anilines is 1. The molecule has 1 aromatic rings. The first kappa shape index (κ1) is 21.6. The summed E-state index contributed by atoms with van der Waals surface area (Å²) in [4.78, 5) is 43.5. The Bertz CT molecular complexity index is 903. The molecule has 0 bridgehead atoms. The lowest BCUT2D eigenvalue weighted by Gasteiger charge is -2.39. The zero-order valence-corrected chi connectivity index (χ0v) is 19.1. The van der Waals surface area contributed by atoms with Crippen LogP contribution in [0, 0.1) is 17.8 Å². The van der Waals surface area contributed by atoms with E-state index in [0.717, 1.165) is 49.8 Å². The number of nitrogens with zero attached hydrogens (tertiary/aromatic N) is 3. The maximum absolute atomic E-state index is 13.0. The third kappa shape index (κ3) is 4.58. The SMILES string of the molecule is O=C(C1CC1)N1CCN(C(=O)[C@H]2CC[C@H](CN3Cc4cc(Cl)ccc4NC3=O)CC2)CC1. The lowest BCUT2D eigenvalue weighted by Crippen LogP contribution is -2.52. The first-order valence-corrected chi connectivity index (χ1v) is 12.3. The Hall–Kier alpha value is -2.28. The van der Waals surface area contributed by atoms with Gasteiger partial charge in [-0.15, -0.1) is 0 Å². The number of hydrogen-bond acceptors (Lipinski definition) is 3. The summed E-state index contributed by atoms with van der Waals surface area (Å²) < 4.78 is 0. The van der Waals surface area contributed by atoms with Crippen LogP contribution in [0.4, 0.5) is 10.5 Å². The summed E-state index contributed by atoms with van der Waals surface area (Å²) >= 11 is 6.12. The Kier molecular flexibility index (Phi) is 6.01. The monoisotopic (exact) mass is 458 g/mol. The van der Waals surface area contributed by atoms with Crippen LogP contribution in [0.15, 0.2) is 18.2 Å². The zero-order chi connectivity index (χ0) is 22.2. The number of benzene rings is 1. The minimum Gasteiger partial charge on any atom is -0.339 e. The third-order valence-corrected chi connectivity index (χ3v) is 7.70. The molecule has 32 heavy (non-hydrogen) atoms. The third-order valence-electron chi connectivity index (χ3n) is 7.46. The molecule has 1 saturated heterocycles. The Balaban J connectivity index is 1.09. The van der Waals surface area contributed by atoms with Gasteiger partial charge in [0.1, 0.15) is 0 Å². The molecule has 2 heterocycles. The van der Waals surface area contributed by atoms with Crippen molar-refractivity contribution in [3.05, 3.63) is 28.8 Å². The summed E-state index contributed by atoms with van der Waals surface area (Å²) in [7, 11) is 0. The molecule has 4 amide bonds. The van der Waals surface area contributed by atoms with Gasteiger partial charge in [-0.1, -0.05) is 11.6 Å². The standard InChI is InChI=1S/C24H31ClN4O3/c25-20-7-8-21-19(13-20)15-29(24(32)26-21)14-16-1-3-17(4-2-16)22(30)27-9-11-28(12-10-27)23(31)18-5-6-18/h7-8,13,16-18H,1-6,9-12,14-15H2,(H,26,32)/t16-,17-. The van der Waals surface area contributed by atoms with Crippen molar-refractivity contribution in [3.8, 4) is 0 Å². The molecule has 3 fully saturated rings. The molecule has 4 aliphatic rings. The zero-order valence-electron chi connectivity index (χ0n) is 18.4. The summed E-state index contributed by atoms with van der Waals surface area (Å²) in [5, 5.41) is 3.64. The maximum Gasteiger partial charge on any atom is 0.322 e. The number of fused-ring (bicyclic) bond motifs is 1. The predicted octanol–water partition coefficient (Wildman–Crippen LogP) is 3.57. The summed E-state index contributed by atoms with van der Waals surface area (Å²) in [6.07, 6.45) is 5.73. The fraction of sp³-hybridized carbons (Fsp3) is 0.625. The smallest absolute Gasteiger partial charge is 0.322 e. The second kappa shape index (κ2) is 8.93. The minimum atomic E-state index is -0.0587. The highest BCUT2D eigenvalue weighted by atomic mass is 35.5. The van der Waals surface area contributed by atoms with Crippen LogP contribution in [0.2, 0.25) is 5.02 Å². The van der Waals surface area contributed by atoms with Gasteiger partial charge in [0.15, 0.2) is 0 Å². The van der Waals surface area contributed by atoms with E-state index in [1.165, 1.54) is 0 Å². The molecule has 2 aliphatic heterocycles. The van der Waals surface area contributed by atoms with Crippen LogP contribution in [-0.4, -0.2) is 65.3 Å². The second-order valence-electron chi connectivity index (χ2n) is 9.75. The highest BCUT2D eigenvalue weighted by Gasteiger charge is 2.37. The van der Waals surface area contributed by atoms with Gasteiger partial charge in [0.25, 0.3) is 0 Å². The van der Waals surface area contributed by atoms with Crippen molar-refractivity contribution >= 4 is 35.1 Å². The van der Waals surface area contributed by atoms with E-state index < -0.39 is 0 Å². The van der Waals surface area contributed by atoms with Crippen molar-refractivity contribution in [3.63, 3.8) is 0 Å². The molecule has 2 aliphatic carbocycles. The largest absolute Gasteiger partial charge is 0.339 e. The van der Waals surface area contributed by atoms with E-state index in [1.54, 1.807) is 6.07 Å². The predicted molar refractivity (Wildman–Crippen MR) is 122 cm³/mol. The van der Waals surface area contributed by atoms with Gasteiger partial charge in [-0.3, -0.25) is 9.59 Å². The van der Waals surface area contributed by atoms with E-state index in [1.807, 2.05) is 26.8 Å². The normalized spacial score (nSPS) is 25.9. The van der Waals surface area contributed by atoms with E-state index in [0.29, 0.717) is 50.2 Å². The van der Waals surface area contributed by atoms with Crippen LogP contribution >= 0.6 is 11.6 Å². The molecule has 8 heteroatoms. The van der Waals surface area contributed by atoms with Crippen LogP contribution in [0.3, 0.4) is 0 Å². The molecule has 1 N–H and O–H groups in total. The van der Waals surface area contributed by atoms with Crippen molar-refractivity contribution in [1.29, 1.82) is 0 Å². The lowest BCUT2D eigenvalue weighted by molar-refractivity contribution is -0.143. The van der Waals surface area contributed by atoms with Crippen LogP contribution in [-0.2, 0) is 16.1 Å². The van der Waals surface area contributed by atoms with Crippen molar-refractivity contribution in [2.75, 3.05) is 38.0 Å². The number of carbonyl (C=O) groups excluding carboxylic acids is 3. The topological polar surface area (TPSA) is 73.0 Å². The summed E-state index contributed by atoms with van der Waals surface area (Å²) in [5.74, 6) is 1.27. The van der Waals surface area contributed by atoms with E-state index in [-0.39, 0.29) is 29.7 Å². The number of hydrogen-bond donors (Lipinski definition) is 1. The molecule has 7 nitrogen and oxygen atoms in total. The lowest BCUT2D eigenvalue weighted by atomic mass is 9.81. The van der Waals surface area contributed by atoms with Gasteiger partial charge in [-0.25, -0.2) is 4.79 Å². The molecule has 5 rings (SSSR count). The minimum absolute atomic E-state index is 0.0587. The quantitative estimate of drug-likeness (QED) is 0.749. The molecule has 172 valence electrons. The fourth-order valence-electron chi connectivity index (χ4n) is 5.33. The number of halogens is 1. The Morgan fingerprint density at radius 1 is 0.906 bits per heavy atom. The molecule has 0 spiro atoms. The van der Waals surface area contributed by atoms with Crippen molar-refractivity contribution in [1.82, 2.24) is 14.7 Å². The Morgan fingerprint density at radius 3 is 2.03 bits per heavy atom. The first-order valence-electron chi connectivity index (χ1n) is 11.9. The van der Waals surface area contributed by atoms with Crippen LogP contribution in [0.5, 0.6) is 0 Å². The number of carbonyl (C=O) groups is 3. The van der Waals surface area contributed by atoms with E-state index in [9.17, 15) is 14.4 Å². The summed E-state index contributed by atoms with van der Waals surface area (Å²) in [6, 6.07) is 5.50. The second-order valence-corrected chi connectivity index (χ2v) is 10.2. The van der Waals surface area contributed by atoms with Crippen LogP contribution in [0.1, 0.15) is 44.1 Å². The Morgan fingerprint density at radius 2 is 1.47 bits per heavy atom. The molecular formula is C24H31ClN4O3. The van der Waals surface area contributed by atoms with Crippen molar-refractivity contribution < 1.29 is 14.4 Å². The number of rotatable bonds is 4. The highest BCUT2D eigenvalue weighted by molar-refractivity contribution is 6.30.